The summed E-state index contributed by atoms with van der Waals surface area (Å²) in [6.45, 7) is 7.88. The second kappa shape index (κ2) is 9.02. The Kier molecular flexibility index (Phi) is 6.48. The zero-order chi connectivity index (χ0) is 17.5. The van der Waals surface area contributed by atoms with Crippen LogP contribution in [0.5, 0.6) is 5.75 Å². The third-order valence-corrected chi connectivity index (χ3v) is 5.26. The molecule has 1 aliphatic heterocycles. The molecule has 0 aliphatic carbocycles. The molecule has 0 amide bonds. The lowest BCUT2D eigenvalue weighted by Crippen LogP contribution is -2.48. The van der Waals surface area contributed by atoms with Crippen molar-refractivity contribution in [3.05, 3.63) is 65.7 Å². The Hall–Kier alpha value is -1.84. The number of likely N-dealkylation sites (N-methyl/N-ethyl adjacent to an activating group) is 1. The van der Waals surface area contributed by atoms with Gasteiger partial charge in [0.2, 0.25) is 0 Å². The molecule has 1 saturated heterocycles. The quantitative estimate of drug-likeness (QED) is 0.759. The van der Waals surface area contributed by atoms with Gasteiger partial charge in [0.25, 0.3) is 0 Å². The second-order valence-electron chi connectivity index (χ2n) is 6.78. The minimum absolute atomic E-state index is 0.423. The number of nitrogens with zero attached hydrogens (tertiary/aromatic N) is 2. The van der Waals surface area contributed by atoms with E-state index in [4.69, 9.17) is 4.74 Å². The molecule has 1 heterocycles. The molecule has 3 rings (SSSR count). The molecule has 2 aromatic rings. The van der Waals surface area contributed by atoms with Crippen LogP contribution in [0.25, 0.3) is 0 Å². The van der Waals surface area contributed by atoms with Gasteiger partial charge in [-0.3, -0.25) is 4.90 Å². The highest BCUT2D eigenvalue weighted by molar-refractivity contribution is 5.36. The molecule has 134 valence electrons. The molecule has 0 aromatic heterocycles. The van der Waals surface area contributed by atoms with E-state index >= 15 is 0 Å². The molecule has 1 aliphatic rings. The lowest BCUT2D eigenvalue weighted by molar-refractivity contribution is 0.0764. The van der Waals surface area contributed by atoms with Crippen molar-refractivity contribution in [3.63, 3.8) is 0 Å². The maximum atomic E-state index is 5.62. The number of methoxy groups -OCH3 is 1. The summed E-state index contributed by atoms with van der Waals surface area (Å²) in [5, 5.41) is 0. The van der Waals surface area contributed by atoms with Crippen LogP contribution < -0.4 is 4.74 Å². The van der Waals surface area contributed by atoms with Crippen LogP contribution in [0.4, 0.5) is 0 Å². The molecule has 0 bridgehead atoms. The van der Waals surface area contributed by atoms with E-state index in [-0.39, 0.29) is 0 Å². The van der Waals surface area contributed by atoms with Crippen LogP contribution in [0.2, 0.25) is 0 Å². The van der Waals surface area contributed by atoms with Crippen molar-refractivity contribution in [2.45, 2.75) is 25.8 Å². The number of piperazine rings is 1. The van der Waals surface area contributed by atoms with E-state index < -0.39 is 0 Å². The predicted octanol–water partition coefficient (Wildman–Crippen LogP) is 4.01. The van der Waals surface area contributed by atoms with Gasteiger partial charge < -0.3 is 9.64 Å². The molecule has 3 nitrogen and oxygen atoms in total. The number of rotatable bonds is 7. The Balaban J connectivity index is 1.62. The van der Waals surface area contributed by atoms with E-state index in [2.05, 4.69) is 71.3 Å². The molecule has 0 saturated carbocycles. The number of hydrogen-bond donors (Lipinski definition) is 0. The van der Waals surface area contributed by atoms with E-state index in [1.165, 1.54) is 17.5 Å². The summed E-state index contributed by atoms with van der Waals surface area (Å²) < 4.78 is 5.62. The summed E-state index contributed by atoms with van der Waals surface area (Å²) in [6, 6.07) is 19.7. The maximum Gasteiger partial charge on any atom is 0.123 e. The molecular formula is C22H30N2O. The van der Waals surface area contributed by atoms with Gasteiger partial charge in [-0.15, -0.1) is 0 Å². The molecule has 1 fully saturated rings. The van der Waals surface area contributed by atoms with Gasteiger partial charge >= 0.3 is 0 Å². The Bertz CT molecular complexity index is 643. The van der Waals surface area contributed by atoms with Crippen LogP contribution in [0.1, 0.15) is 30.5 Å². The highest BCUT2D eigenvalue weighted by atomic mass is 16.5. The number of hydrogen-bond acceptors (Lipinski definition) is 3. The molecule has 0 N–H and O–H groups in total. The van der Waals surface area contributed by atoms with Crippen LogP contribution in [0, 0.1) is 0 Å². The van der Waals surface area contributed by atoms with Gasteiger partial charge in [0.15, 0.2) is 0 Å². The third-order valence-electron chi connectivity index (χ3n) is 5.26. The first kappa shape index (κ1) is 18.0. The molecule has 0 radical (unpaired) electrons. The SMILES string of the molecule is CCN1CCN(CCCc2ccccc2)CC1c1ccccc1OC. The highest BCUT2D eigenvalue weighted by Gasteiger charge is 2.28. The van der Waals surface area contributed by atoms with Gasteiger partial charge in [0, 0.05) is 25.2 Å². The predicted molar refractivity (Wildman–Crippen MR) is 104 cm³/mol. The van der Waals surface area contributed by atoms with Crippen LogP contribution in [-0.2, 0) is 6.42 Å². The van der Waals surface area contributed by atoms with E-state index in [0.717, 1.165) is 44.9 Å². The summed E-state index contributed by atoms with van der Waals surface area (Å²) >= 11 is 0. The number of ether oxygens (including phenoxy) is 1. The van der Waals surface area contributed by atoms with E-state index in [0.29, 0.717) is 6.04 Å². The maximum absolute atomic E-state index is 5.62. The molecular weight excluding hydrogens is 308 g/mol. The minimum Gasteiger partial charge on any atom is -0.496 e. The summed E-state index contributed by atoms with van der Waals surface area (Å²) in [5.74, 6) is 1.01. The first-order valence-corrected chi connectivity index (χ1v) is 9.45. The van der Waals surface area contributed by atoms with Gasteiger partial charge in [0.05, 0.1) is 13.2 Å². The average Bonchev–Trinajstić information content (AvgIpc) is 2.68. The molecule has 1 unspecified atom stereocenters. The molecule has 1 atom stereocenters. The van der Waals surface area contributed by atoms with Gasteiger partial charge in [-0.2, -0.15) is 0 Å². The Morgan fingerprint density at radius 2 is 1.76 bits per heavy atom. The molecule has 3 heteroatoms. The largest absolute Gasteiger partial charge is 0.496 e. The standard InChI is InChI=1S/C22H30N2O/c1-3-24-17-16-23(15-9-12-19-10-5-4-6-11-19)18-21(24)20-13-7-8-14-22(20)25-2/h4-8,10-11,13-14,21H,3,9,12,15-18H2,1-2H3. The zero-order valence-electron chi connectivity index (χ0n) is 15.5. The van der Waals surface area contributed by atoms with Crippen molar-refractivity contribution in [3.8, 4) is 5.75 Å². The summed E-state index contributed by atoms with van der Waals surface area (Å²) in [4.78, 5) is 5.19. The van der Waals surface area contributed by atoms with Crippen molar-refractivity contribution < 1.29 is 4.74 Å². The van der Waals surface area contributed by atoms with Crippen molar-refractivity contribution in [1.29, 1.82) is 0 Å². The lowest BCUT2D eigenvalue weighted by atomic mass is 10.0. The van der Waals surface area contributed by atoms with E-state index in [1.54, 1.807) is 7.11 Å². The average molecular weight is 338 g/mol. The van der Waals surface area contributed by atoms with Gasteiger partial charge in [-0.25, -0.2) is 0 Å². The summed E-state index contributed by atoms with van der Waals surface area (Å²) in [5.41, 5.74) is 2.76. The van der Waals surface area contributed by atoms with Crippen LogP contribution >= 0.6 is 0 Å². The van der Waals surface area contributed by atoms with Crippen molar-refractivity contribution in [2.75, 3.05) is 39.8 Å². The Morgan fingerprint density at radius 1 is 1.00 bits per heavy atom. The van der Waals surface area contributed by atoms with Crippen molar-refractivity contribution in [1.82, 2.24) is 9.80 Å². The van der Waals surface area contributed by atoms with E-state index in [1.807, 2.05) is 0 Å². The fraction of sp³-hybridized carbons (Fsp3) is 0.455. The summed E-state index contributed by atoms with van der Waals surface area (Å²) in [7, 11) is 1.77. The van der Waals surface area contributed by atoms with Crippen LogP contribution in [-0.4, -0.2) is 49.6 Å². The normalized spacial score (nSPS) is 19.0. The first-order chi connectivity index (χ1) is 12.3. The minimum atomic E-state index is 0.423. The lowest BCUT2D eigenvalue weighted by Gasteiger charge is -2.41. The van der Waals surface area contributed by atoms with Gasteiger partial charge in [-0.1, -0.05) is 55.5 Å². The molecule has 0 spiro atoms. The fourth-order valence-electron chi connectivity index (χ4n) is 3.85. The topological polar surface area (TPSA) is 15.7 Å². The zero-order valence-corrected chi connectivity index (χ0v) is 15.5. The van der Waals surface area contributed by atoms with Crippen molar-refractivity contribution >= 4 is 0 Å². The Morgan fingerprint density at radius 3 is 2.52 bits per heavy atom. The van der Waals surface area contributed by atoms with Crippen molar-refractivity contribution in [2.24, 2.45) is 0 Å². The monoisotopic (exact) mass is 338 g/mol. The van der Waals surface area contributed by atoms with Crippen LogP contribution in [0.15, 0.2) is 54.6 Å². The highest BCUT2D eigenvalue weighted by Crippen LogP contribution is 2.31. The van der Waals surface area contributed by atoms with Crippen LogP contribution in [0.3, 0.4) is 0 Å². The molecule has 2 aromatic carbocycles. The Labute approximate surface area is 152 Å². The smallest absolute Gasteiger partial charge is 0.123 e. The van der Waals surface area contributed by atoms with E-state index in [9.17, 15) is 0 Å². The van der Waals surface area contributed by atoms with Gasteiger partial charge in [-0.05, 0) is 37.6 Å². The number of para-hydroxylation sites is 1. The number of benzene rings is 2. The third kappa shape index (κ3) is 4.62. The van der Waals surface area contributed by atoms with Gasteiger partial charge in [0.1, 0.15) is 5.75 Å². The second-order valence-corrected chi connectivity index (χ2v) is 6.78. The molecule has 25 heavy (non-hydrogen) atoms. The summed E-state index contributed by atoms with van der Waals surface area (Å²) in [6.07, 6.45) is 2.38. The number of aryl methyl sites for hydroxylation is 1. The fourth-order valence-corrected chi connectivity index (χ4v) is 3.85. The first-order valence-electron chi connectivity index (χ1n) is 9.45.